The smallest absolute Gasteiger partial charge is 0.280 e. The molecule has 2 atom stereocenters. The third kappa shape index (κ3) is 2.90. The predicted octanol–water partition coefficient (Wildman–Crippen LogP) is 1.43. The molecule has 1 aromatic rings. The maximum absolute atomic E-state index is 12.4. The molecule has 2 saturated heterocycles. The van der Waals surface area contributed by atoms with Gasteiger partial charge in [-0.15, -0.1) is 0 Å². The van der Waals surface area contributed by atoms with Gasteiger partial charge in [-0.3, -0.25) is 0 Å². The standard InChI is InChI=1S/C13H20N2O4S/c16-20(17,14-10-11-4-2-8-18-11)15-7-1-5-12(15)13-6-3-9-19-13/h3,6,9,11-12,14H,1-2,4-5,7-8,10H2/t11-,12-/m0/s1. The Hall–Kier alpha value is -0.890. The van der Waals surface area contributed by atoms with Gasteiger partial charge in [-0.05, 0) is 37.8 Å². The molecule has 0 spiro atoms. The fourth-order valence-electron chi connectivity index (χ4n) is 2.88. The molecule has 0 bridgehead atoms. The Morgan fingerprint density at radius 3 is 2.95 bits per heavy atom. The Balaban J connectivity index is 1.66. The van der Waals surface area contributed by atoms with Gasteiger partial charge < -0.3 is 9.15 Å². The van der Waals surface area contributed by atoms with Crippen LogP contribution in [-0.4, -0.2) is 38.5 Å². The van der Waals surface area contributed by atoms with Gasteiger partial charge in [0.25, 0.3) is 10.2 Å². The fraction of sp³-hybridized carbons (Fsp3) is 0.692. The third-order valence-electron chi connectivity index (χ3n) is 3.90. The SMILES string of the molecule is O=S(=O)(NC[C@@H]1CCCO1)N1CCC[C@H]1c1ccco1. The van der Waals surface area contributed by atoms with E-state index in [0.29, 0.717) is 18.8 Å². The van der Waals surface area contributed by atoms with Gasteiger partial charge in [0.05, 0.1) is 18.4 Å². The number of hydrogen-bond donors (Lipinski definition) is 1. The summed E-state index contributed by atoms with van der Waals surface area (Å²) in [6, 6.07) is 3.43. The molecule has 2 aliphatic heterocycles. The zero-order valence-electron chi connectivity index (χ0n) is 11.3. The van der Waals surface area contributed by atoms with Crippen molar-refractivity contribution in [3.8, 4) is 0 Å². The molecule has 0 saturated carbocycles. The average Bonchev–Trinajstić information content (AvgIpc) is 3.16. The second-order valence-corrected chi connectivity index (χ2v) is 6.98. The molecule has 1 N–H and O–H groups in total. The third-order valence-corrected chi connectivity index (χ3v) is 5.49. The Labute approximate surface area is 119 Å². The Kier molecular flexibility index (Phi) is 4.11. The van der Waals surface area contributed by atoms with E-state index in [2.05, 4.69) is 4.72 Å². The van der Waals surface area contributed by atoms with Crippen LogP contribution in [0.2, 0.25) is 0 Å². The van der Waals surface area contributed by atoms with Crippen LogP contribution in [0.4, 0.5) is 0 Å². The summed E-state index contributed by atoms with van der Waals surface area (Å²) in [7, 11) is -3.48. The second kappa shape index (κ2) is 5.85. The Morgan fingerprint density at radius 1 is 1.35 bits per heavy atom. The molecule has 112 valence electrons. The monoisotopic (exact) mass is 300 g/mol. The summed E-state index contributed by atoms with van der Waals surface area (Å²) in [5.74, 6) is 0.713. The number of nitrogens with one attached hydrogen (secondary N) is 1. The van der Waals surface area contributed by atoms with Crippen LogP contribution in [0.15, 0.2) is 22.8 Å². The zero-order valence-corrected chi connectivity index (χ0v) is 12.1. The summed E-state index contributed by atoms with van der Waals surface area (Å²) >= 11 is 0. The number of nitrogens with zero attached hydrogens (tertiary/aromatic N) is 1. The van der Waals surface area contributed by atoms with E-state index in [4.69, 9.17) is 9.15 Å². The minimum absolute atomic E-state index is 0.00874. The Bertz CT molecular complexity index is 523. The molecule has 0 unspecified atom stereocenters. The van der Waals surface area contributed by atoms with Crippen LogP contribution < -0.4 is 4.72 Å². The lowest BCUT2D eigenvalue weighted by Gasteiger charge is -2.23. The van der Waals surface area contributed by atoms with E-state index >= 15 is 0 Å². The van der Waals surface area contributed by atoms with Gasteiger partial charge in [-0.1, -0.05) is 0 Å². The lowest BCUT2D eigenvalue weighted by molar-refractivity contribution is 0.114. The predicted molar refractivity (Wildman–Crippen MR) is 73.3 cm³/mol. The van der Waals surface area contributed by atoms with Crippen molar-refractivity contribution >= 4 is 10.2 Å². The first-order chi connectivity index (χ1) is 9.67. The van der Waals surface area contributed by atoms with E-state index in [1.807, 2.05) is 6.07 Å². The van der Waals surface area contributed by atoms with Gasteiger partial charge in [-0.2, -0.15) is 17.4 Å². The highest BCUT2D eigenvalue weighted by molar-refractivity contribution is 7.87. The number of ether oxygens (including phenoxy) is 1. The van der Waals surface area contributed by atoms with Gasteiger partial charge in [0, 0.05) is 19.7 Å². The minimum Gasteiger partial charge on any atom is -0.468 e. The van der Waals surface area contributed by atoms with Crippen molar-refractivity contribution < 1.29 is 17.6 Å². The van der Waals surface area contributed by atoms with Crippen molar-refractivity contribution in [1.82, 2.24) is 9.03 Å². The van der Waals surface area contributed by atoms with Crippen LogP contribution in [0.5, 0.6) is 0 Å². The van der Waals surface area contributed by atoms with E-state index in [-0.39, 0.29) is 12.1 Å². The van der Waals surface area contributed by atoms with Gasteiger partial charge in [-0.25, -0.2) is 0 Å². The lowest BCUT2D eigenvalue weighted by atomic mass is 10.2. The largest absolute Gasteiger partial charge is 0.468 e. The van der Waals surface area contributed by atoms with Gasteiger partial charge in [0.1, 0.15) is 5.76 Å². The molecule has 6 nitrogen and oxygen atoms in total. The summed E-state index contributed by atoms with van der Waals surface area (Å²) in [5.41, 5.74) is 0. The van der Waals surface area contributed by atoms with Crippen molar-refractivity contribution in [3.05, 3.63) is 24.2 Å². The lowest BCUT2D eigenvalue weighted by Crippen LogP contribution is -2.43. The van der Waals surface area contributed by atoms with Crippen LogP contribution in [-0.2, 0) is 14.9 Å². The van der Waals surface area contributed by atoms with Crippen LogP contribution in [0.1, 0.15) is 37.5 Å². The number of furan rings is 1. The summed E-state index contributed by atoms with van der Waals surface area (Å²) in [4.78, 5) is 0. The van der Waals surface area contributed by atoms with Crippen LogP contribution >= 0.6 is 0 Å². The van der Waals surface area contributed by atoms with E-state index in [0.717, 1.165) is 32.3 Å². The van der Waals surface area contributed by atoms with Crippen molar-refractivity contribution in [1.29, 1.82) is 0 Å². The van der Waals surface area contributed by atoms with E-state index in [1.165, 1.54) is 4.31 Å². The summed E-state index contributed by atoms with van der Waals surface area (Å²) in [5, 5.41) is 0. The highest BCUT2D eigenvalue weighted by Gasteiger charge is 2.36. The average molecular weight is 300 g/mol. The van der Waals surface area contributed by atoms with E-state index < -0.39 is 10.2 Å². The van der Waals surface area contributed by atoms with Crippen molar-refractivity contribution in [2.24, 2.45) is 0 Å². The summed E-state index contributed by atoms with van der Waals surface area (Å²) in [6.45, 7) is 1.61. The molecule has 0 aromatic carbocycles. The van der Waals surface area contributed by atoms with Crippen LogP contribution in [0.3, 0.4) is 0 Å². The van der Waals surface area contributed by atoms with E-state index in [9.17, 15) is 8.42 Å². The first-order valence-electron chi connectivity index (χ1n) is 7.08. The number of rotatable bonds is 5. The first-order valence-corrected chi connectivity index (χ1v) is 8.52. The topological polar surface area (TPSA) is 71.8 Å². The van der Waals surface area contributed by atoms with Crippen molar-refractivity contribution in [3.63, 3.8) is 0 Å². The van der Waals surface area contributed by atoms with E-state index in [1.54, 1.807) is 12.3 Å². The summed E-state index contributed by atoms with van der Waals surface area (Å²) < 4.78 is 39.8. The van der Waals surface area contributed by atoms with Crippen molar-refractivity contribution in [2.75, 3.05) is 19.7 Å². The van der Waals surface area contributed by atoms with Gasteiger partial charge >= 0.3 is 0 Å². The Morgan fingerprint density at radius 2 is 2.25 bits per heavy atom. The molecular formula is C13H20N2O4S. The normalized spacial score (nSPS) is 28.2. The molecular weight excluding hydrogens is 280 g/mol. The molecule has 7 heteroatoms. The molecule has 3 heterocycles. The maximum Gasteiger partial charge on any atom is 0.280 e. The molecule has 3 rings (SSSR count). The van der Waals surface area contributed by atoms with Gasteiger partial charge in [0.2, 0.25) is 0 Å². The van der Waals surface area contributed by atoms with Crippen LogP contribution in [0, 0.1) is 0 Å². The quantitative estimate of drug-likeness (QED) is 0.893. The number of hydrogen-bond acceptors (Lipinski definition) is 4. The maximum atomic E-state index is 12.4. The molecule has 0 radical (unpaired) electrons. The fourth-order valence-corrected chi connectivity index (χ4v) is 4.36. The summed E-state index contributed by atoms with van der Waals surface area (Å²) in [6.07, 6.45) is 5.17. The van der Waals surface area contributed by atoms with Crippen LogP contribution in [0.25, 0.3) is 0 Å². The highest BCUT2D eigenvalue weighted by atomic mass is 32.2. The minimum atomic E-state index is -3.48. The molecule has 20 heavy (non-hydrogen) atoms. The van der Waals surface area contributed by atoms with Crippen molar-refractivity contribution in [2.45, 2.75) is 37.8 Å². The molecule has 0 aliphatic carbocycles. The molecule has 0 amide bonds. The molecule has 2 fully saturated rings. The zero-order chi connectivity index (χ0) is 14.0. The highest BCUT2D eigenvalue weighted by Crippen LogP contribution is 2.33. The second-order valence-electron chi connectivity index (χ2n) is 5.27. The molecule has 1 aromatic heterocycles. The molecule has 2 aliphatic rings. The first kappa shape index (κ1) is 14.1. The van der Waals surface area contributed by atoms with Gasteiger partial charge in [0.15, 0.2) is 0 Å².